The fraction of sp³-hybridized carbons (Fsp3) is 0.750. The number of hydrogen-bond donors (Lipinski definition) is 0. The molecule has 0 aliphatic heterocycles. The molecule has 0 unspecified atom stereocenters. The zero-order chi connectivity index (χ0) is 15.9. The maximum absolute atomic E-state index is 12.7. The van der Waals surface area contributed by atoms with E-state index in [2.05, 4.69) is 0 Å². The molecule has 0 fully saturated rings. The molecule has 0 radical (unpaired) electrons. The van der Waals surface area contributed by atoms with E-state index in [1.807, 2.05) is 0 Å². The summed E-state index contributed by atoms with van der Waals surface area (Å²) in [6, 6.07) is 0. The minimum absolute atomic E-state index is 0.268. The molecule has 0 aromatic heterocycles. The molecule has 114 valence electrons. The van der Waals surface area contributed by atoms with Gasteiger partial charge in [-0.3, -0.25) is 0 Å². The molecule has 0 N–H and O–H groups in total. The first kappa shape index (κ1) is 18.0. The first-order chi connectivity index (χ1) is 8.16. The Morgan fingerprint density at radius 1 is 0.737 bits per heavy atom. The van der Waals surface area contributed by atoms with Gasteiger partial charge in [0.25, 0.3) is 0 Å². The molecule has 0 aromatic carbocycles. The molecule has 0 saturated heterocycles. The van der Waals surface area contributed by atoms with Gasteiger partial charge in [-0.05, 0) is 0 Å². The minimum Gasteiger partial charge on any atom is -0.200 e. The molecule has 0 amide bonds. The molecular weight excluding hydrogens is 305 g/mol. The summed E-state index contributed by atoms with van der Waals surface area (Å²) in [6.45, 7) is 0.268. The van der Waals surface area contributed by atoms with Gasteiger partial charge in [0.1, 0.15) is 0 Å². The van der Waals surface area contributed by atoms with Crippen molar-refractivity contribution < 1.29 is 48.3 Å². The lowest BCUT2D eigenvalue weighted by atomic mass is 9.96. The average Bonchev–Trinajstić information content (AvgIpc) is 2.26. The maximum atomic E-state index is 12.7. The van der Waals surface area contributed by atoms with Crippen LogP contribution in [0.25, 0.3) is 0 Å². The van der Waals surface area contributed by atoms with Crippen LogP contribution in [0.15, 0.2) is 11.9 Å². The minimum atomic E-state index is -7.05. The molecule has 0 rings (SSSR count). The Morgan fingerprint density at radius 3 is 1.37 bits per heavy atom. The van der Waals surface area contributed by atoms with Crippen LogP contribution in [-0.2, 0) is 0 Å². The second kappa shape index (κ2) is 4.82. The van der Waals surface area contributed by atoms with E-state index in [-0.39, 0.29) is 6.92 Å². The van der Waals surface area contributed by atoms with Crippen LogP contribution in [0.1, 0.15) is 13.3 Å². The van der Waals surface area contributed by atoms with E-state index in [1.165, 1.54) is 0 Å². The first-order valence-corrected chi connectivity index (χ1v) is 4.39. The Labute approximate surface area is 98.4 Å². The summed E-state index contributed by atoms with van der Waals surface area (Å²) in [7, 11) is 0. The third-order valence-electron chi connectivity index (χ3n) is 2.13. The lowest BCUT2D eigenvalue weighted by Gasteiger charge is -2.35. The summed E-state index contributed by atoms with van der Waals surface area (Å²) in [5.74, 6) is -30.4. The molecular formula is C8H5F11. The van der Waals surface area contributed by atoms with Crippen molar-refractivity contribution in [3.8, 4) is 0 Å². The van der Waals surface area contributed by atoms with Gasteiger partial charge in [0.2, 0.25) is 5.83 Å². The maximum Gasteiger partial charge on any atom is 0.385 e. The fourth-order valence-corrected chi connectivity index (χ4v) is 0.905. The van der Waals surface area contributed by atoms with Crippen molar-refractivity contribution in [2.45, 2.75) is 37.0 Å². The highest BCUT2D eigenvalue weighted by atomic mass is 19.4. The monoisotopic (exact) mass is 310 g/mol. The van der Waals surface area contributed by atoms with Gasteiger partial charge in [-0.2, -0.15) is 48.3 Å². The zero-order valence-corrected chi connectivity index (χ0v) is 8.86. The van der Waals surface area contributed by atoms with Gasteiger partial charge in [-0.15, -0.1) is 0 Å². The van der Waals surface area contributed by atoms with Crippen molar-refractivity contribution in [2.24, 2.45) is 0 Å². The van der Waals surface area contributed by atoms with E-state index in [0.29, 0.717) is 0 Å². The van der Waals surface area contributed by atoms with E-state index >= 15 is 0 Å². The van der Waals surface area contributed by atoms with Crippen molar-refractivity contribution in [3.63, 3.8) is 0 Å². The number of alkyl halides is 8. The number of allylic oxidation sites excluding steroid dienone is 1. The molecule has 11 heteroatoms. The summed E-state index contributed by atoms with van der Waals surface area (Å²) in [4.78, 5) is 0. The SMILES string of the molecule is CCC(F)(F)C(F)(F)C(F)(F)C(F)(F)C(F)=C(F)F. The Kier molecular flexibility index (Phi) is 4.56. The van der Waals surface area contributed by atoms with Crippen molar-refractivity contribution in [1.82, 2.24) is 0 Å². The number of hydrogen-bond acceptors (Lipinski definition) is 0. The van der Waals surface area contributed by atoms with Gasteiger partial charge in [-0.25, -0.2) is 0 Å². The van der Waals surface area contributed by atoms with Gasteiger partial charge in [0, 0.05) is 6.42 Å². The average molecular weight is 310 g/mol. The third-order valence-corrected chi connectivity index (χ3v) is 2.13. The summed E-state index contributed by atoms with van der Waals surface area (Å²) >= 11 is 0. The standard InChI is InChI=1S/C8H5F11/c1-2-5(12,13)7(16,17)8(18,19)6(14,15)3(9)4(10)11/h2H2,1H3. The van der Waals surface area contributed by atoms with Crippen molar-refractivity contribution in [2.75, 3.05) is 0 Å². The number of halogens is 11. The lowest BCUT2D eigenvalue weighted by molar-refractivity contribution is -0.361. The van der Waals surface area contributed by atoms with Crippen molar-refractivity contribution in [3.05, 3.63) is 11.9 Å². The number of rotatable bonds is 5. The third kappa shape index (κ3) is 2.50. The van der Waals surface area contributed by atoms with E-state index < -0.39 is 42.0 Å². The molecule has 0 atom stereocenters. The second-order valence-corrected chi connectivity index (χ2v) is 3.36. The quantitative estimate of drug-likeness (QED) is 0.626. The Hall–Kier alpha value is -1.03. The zero-order valence-electron chi connectivity index (χ0n) is 8.86. The van der Waals surface area contributed by atoms with Crippen LogP contribution >= 0.6 is 0 Å². The Morgan fingerprint density at radius 2 is 1.11 bits per heavy atom. The van der Waals surface area contributed by atoms with Gasteiger partial charge >= 0.3 is 29.8 Å². The normalized spacial score (nSPS) is 14.5. The van der Waals surface area contributed by atoms with Crippen LogP contribution in [0.3, 0.4) is 0 Å². The predicted molar refractivity (Wildman–Crippen MR) is 40.4 cm³/mol. The van der Waals surface area contributed by atoms with E-state index in [0.717, 1.165) is 0 Å². The van der Waals surface area contributed by atoms with Crippen LogP contribution in [0, 0.1) is 0 Å². The topological polar surface area (TPSA) is 0 Å². The predicted octanol–water partition coefficient (Wildman–Crippen LogP) is 5.02. The highest BCUT2D eigenvalue weighted by Gasteiger charge is 2.81. The second-order valence-electron chi connectivity index (χ2n) is 3.36. The van der Waals surface area contributed by atoms with Crippen LogP contribution in [0.5, 0.6) is 0 Å². The molecule has 0 nitrogen and oxygen atoms in total. The van der Waals surface area contributed by atoms with Crippen molar-refractivity contribution >= 4 is 0 Å². The molecule has 0 heterocycles. The van der Waals surface area contributed by atoms with Crippen LogP contribution in [-0.4, -0.2) is 23.7 Å². The molecule has 0 saturated carbocycles. The Bertz CT molecular complexity index is 363. The molecule has 0 aliphatic carbocycles. The first-order valence-electron chi connectivity index (χ1n) is 4.39. The van der Waals surface area contributed by atoms with Gasteiger partial charge in [0.05, 0.1) is 0 Å². The lowest BCUT2D eigenvalue weighted by Crippen LogP contribution is -2.62. The summed E-state index contributed by atoms with van der Waals surface area (Å²) in [5, 5.41) is 0. The largest absolute Gasteiger partial charge is 0.385 e. The summed E-state index contributed by atoms with van der Waals surface area (Å²) in [6.07, 6.45) is -6.00. The molecule has 0 aromatic rings. The van der Waals surface area contributed by atoms with Gasteiger partial charge < -0.3 is 0 Å². The molecule has 0 spiro atoms. The summed E-state index contributed by atoms with van der Waals surface area (Å²) < 4.78 is 136. The fourth-order valence-electron chi connectivity index (χ4n) is 0.905. The highest BCUT2D eigenvalue weighted by molar-refractivity contribution is 5.16. The van der Waals surface area contributed by atoms with Crippen LogP contribution in [0.2, 0.25) is 0 Å². The van der Waals surface area contributed by atoms with Crippen LogP contribution in [0.4, 0.5) is 48.3 Å². The van der Waals surface area contributed by atoms with Gasteiger partial charge in [-0.1, -0.05) is 6.92 Å². The summed E-state index contributed by atoms with van der Waals surface area (Å²) in [5.41, 5.74) is 0. The molecule has 0 bridgehead atoms. The van der Waals surface area contributed by atoms with E-state index in [1.54, 1.807) is 0 Å². The Balaban J connectivity index is 5.94. The van der Waals surface area contributed by atoms with Crippen LogP contribution < -0.4 is 0 Å². The van der Waals surface area contributed by atoms with E-state index in [4.69, 9.17) is 0 Å². The smallest absolute Gasteiger partial charge is 0.200 e. The van der Waals surface area contributed by atoms with Crippen molar-refractivity contribution in [1.29, 1.82) is 0 Å². The molecule has 0 aliphatic rings. The molecule has 19 heavy (non-hydrogen) atoms. The van der Waals surface area contributed by atoms with Gasteiger partial charge in [0.15, 0.2) is 0 Å². The highest BCUT2D eigenvalue weighted by Crippen LogP contribution is 2.56. The van der Waals surface area contributed by atoms with E-state index in [9.17, 15) is 48.3 Å².